The number of nitrogens with zero attached hydrogens (tertiary/aromatic N) is 1. The maximum absolute atomic E-state index is 7.80. The fraction of sp³-hybridized carbons (Fsp3) is 0.250. The molecule has 0 aliphatic rings. The van der Waals surface area contributed by atoms with Crippen LogP contribution in [0.2, 0.25) is 0 Å². The summed E-state index contributed by atoms with van der Waals surface area (Å²) in [5.41, 5.74) is 0. The van der Waals surface area contributed by atoms with Gasteiger partial charge in [-0.2, -0.15) is 0 Å². The van der Waals surface area contributed by atoms with E-state index in [1.165, 1.54) is 7.11 Å². The molecule has 3 nitrogen and oxygen atoms in total. The largest absolute Gasteiger partial charge is 0.496 e. The van der Waals surface area contributed by atoms with Gasteiger partial charge in [0.05, 0.1) is 7.11 Å². The van der Waals surface area contributed by atoms with Crippen molar-refractivity contribution in [2.24, 2.45) is 5.16 Å². The standard InChI is InChI=1S/C4H7NO2/c1-4(7-2)3-5-6/h3,6H,1H2,2H3. The Hall–Kier alpha value is -0.990. The lowest BCUT2D eigenvalue weighted by atomic mass is 10.6. The second kappa shape index (κ2) is 3.21. The lowest BCUT2D eigenvalue weighted by Crippen LogP contribution is -1.82. The first-order valence-electron chi connectivity index (χ1n) is 1.71. The highest BCUT2D eigenvalue weighted by atomic mass is 16.5. The topological polar surface area (TPSA) is 41.8 Å². The molecule has 0 spiro atoms. The third-order valence-electron chi connectivity index (χ3n) is 0.464. The van der Waals surface area contributed by atoms with Gasteiger partial charge in [0.25, 0.3) is 0 Å². The van der Waals surface area contributed by atoms with Gasteiger partial charge in [0, 0.05) is 0 Å². The summed E-state index contributed by atoms with van der Waals surface area (Å²) in [7, 11) is 1.45. The minimum atomic E-state index is 0.336. The van der Waals surface area contributed by atoms with Gasteiger partial charge in [-0.15, -0.1) is 0 Å². The Bertz CT molecular complexity index is 87.7. The van der Waals surface area contributed by atoms with E-state index < -0.39 is 0 Å². The van der Waals surface area contributed by atoms with E-state index in [0.29, 0.717) is 5.76 Å². The van der Waals surface area contributed by atoms with Gasteiger partial charge in [0.15, 0.2) is 0 Å². The Morgan fingerprint density at radius 3 is 2.71 bits per heavy atom. The average Bonchev–Trinajstić information content (AvgIpc) is 1.68. The SMILES string of the molecule is C=C(C=NO)OC. The fourth-order valence-electron chi connectivity index (χ4n) is 0.117. The fourth-order valence-corrected chi connectivity index (χ4v) is 0.117. The molecule has 1 N–H and O–H groups in total. The number of methoxy groups -OCH3 is 1. The zero-order valence-electron chi connectivity index (χ0n) is 4.09. The highest BCUT2D eigenvalue weighted by Crippen LogP contribution is 1.80. The van der Waals surface area contributed by atoms with Crippen molar-refractivity contribution in [3.63, 3.8) is 0 Å². The van der Waals surface area contributed by atoms with Crippen molar-refractivity contribution >= 4 is 6.21 Å². The van der Waals surface area contributed by atoms with Gasteiger partial charge in [0.2, 0.25) is 0 Å². The van der Waals surface area contributed by atoms with Crippen molar-refractivity contribution in [3.05, 3.63) is 12.3 Å². The van der Waals surface area contributed by atoms with Gasteiger partial charge in [-0.05, 0) is 0 Å². The molecular weight excluding hydrogens is 94.0 g/mol. The van der Waals surface area contributed by atoms with Gasteiger partial charge in [-0.1, -0.05) is 11.7 Å². The monoisotopic (exact) mass is 101 g/mol. The highest BCUT2D eigenvalue weighted by Gasteiger charge is 1.77. The van der Waals surface area contributed by atoms with Crippen molar-refractivity contribution in [2.45, 2.75) is 0 Å². The first-order valence-corrected chi connectivity index (χ1v) is 1.71. The highest BCUT2D eigenvalue weighted by molar-refractivity contribution is 5.74. The molecule has 0 rings (SSSR count). The van der Waals surface area contributed by atoms with E-state index in [2.05, 4.69) is 16.5 Å². The molecule has 0 atom stereocenters. The van der Waals surface area contributed by atoms with Gasteiger partial charge in [-0.3, -0.25) is 0 Å². The van der Waals surface area contributed by atoms with Crippen LogP contribution in [0.1, 0.15) is 0 Å². The molecule has 40 valence electrons. The Labute approximate surface area is 41.9 Å². The number of allylic oxidation sites excluding steroid dienone is 1. The summed E-state index contributed by atoms with van der Waals surface area (Å²) >= 11 is 0. The predicted octanol–water partition coefficient (Wildman–Crippen LogP) is 0.607. The Balaban J connectivity index is 3.37. The third-order valence-corrected chi connectivity index (χ3v) is 0.464. The molecule has 0 heterocycles. The van der Waals surface area contributed by atoms with Crippen LogP contribution in [0.15, 0.2) is 17.5 Å². The van der Waals surface area contributed by atoms with Gasteiger partial charge in [-0.25, -0.2) is 0 Å². The van der Waals surface area contributed by atoms with Crippen molar-refractivity contribution in [1.29, 1.82) is 0 Å². The van der Waals surface area contributed by atoms with E-state index >= 15 is 0 Å². The van der Waals surface area contributed by atoms with Crippen molar-refractivity contribution in [1.82, 2.24) is 0 Å². The van der Waals surface area contributed by atoms with Crippen LogP contribution >= 0.6 is 0 Å². The lowest BCUT2D eigenvalue weighted by Gasteiger charge is -1.90. The van der Waals surface area contributed by atoms with Crippen LogP contribution in [0.4, 0.5) is 0 Å². The van der Waals surface area contributed by atoms with Crippen LogP contribution in [0.5, 0.6) is 0 Å². The van der Waals surface area contributed by atoms with E-state index in [1.54, 1.807) is 0 Å². The molecule has 0 unspecified atom stereocenters. The third kappa shape index (κ3) is 2.82. The van der Waals surface area contributed by atoms with Crippen LogP contribution in [-0.4, -0.2) is 18.5 Å². The predicted molar refractivity (Wildman–Crippen MR) is 26.4 cm³/mol. The minimum Gasteiger partial charge on any atom is -0.496 e. The zero-order chi connectivity index (χ0) is 5.70. The van der Waals surface area contributed by atoms with Crippen LogP contribution in [0.25, 0.3) is 0 Å². The second-order valence-electron chi connectivity index (χ2n) is 0.915. The van der Waals surface area contributed by atoms with Gasteiger partial charge >= 0.3 is 0 Å². The maximum Gasteiger partial charge on any atom is 0.133 e. The summed E-state index contributed by atoms with van der Waals surface area (Å²) in [6.45, 7) is 3.33. The molecule has 7 heavy (non-hydrogen) atoms. The van der Waals surface area contributed by atoms with Crippen LogP contribution in [0, 0.1) is 0 Å². The van der Waals surface area contributed by atoms with Crippen molar-refractivity contribution < 1.29 is 9.94 Å². The normalized spacial score (nSPS) is 9.29. The zero-order valence-corrected chi connectivity index (χ0v) is 4.09. The summed E-state index contributed by atoms with van der Waals surface area (Å²) < 4.78 is 4.49. The summed E-state index contributed by atoms with van der Waals surface area (Å²) in [6, 6.07) is 0. The smallest absolute Gasteiger partial charge is 0.133 e. The molecule has 0 radical (unpaired) electrons. The average molecular weight is 101 g/mol. The molecular formula is C4H7NO2. The van der Waals surface area contributed by atoms with E-state index in [1.807, 2.05) is 0 Å². The van der Waals surface area contributed by atoms with E-state index in [4.69, 9.17) is 5.21 Å². The molecule has 0 aromatic rings. The second-order valence-corrected chi connectivity index (χ2v) is 0.915. The number of rotatable bonds is 2. The van der Waals surface area contributed by atoms with E-state index in [0.717, 1.165) is 6.21 Å². The van der Waals surface area contributed by atoms with Crippen molar-refractivity contribution in [3.8, 4) is 0 Å². The van der Waals surface area contributed by atoms with Crippen molar-refractivity contribution in [2.75, 3.05) is 7.11 Å². The van der Waals surface area contributed by atoms with Gasteiger partial charge < -0.3 is 9.94 Å². The molecule has 0 aliphatic heterocycles. The lowest BCUT2D eigenvalue weighted by molar-refractivity contribution is 0.300. The first-order chi connectivity index (χ1) is 3.31. The molecule has 0 saturated heterocycles. The Morgan fingerprint density at radius 1 is 2.00 bits per heavy atom. The maximum atomic E-state index is 7.80. The number of oxime groups is 1. The van der Waals surface area contributed by atoms with Crippen LogP contribution in [-0.2, 0) is 4.74 Å². The summed E-state index contributed by atoms with van der Waals surface area (Å²) in [5.74, 6) is 0.336. The Morgan fingerprint density at radius 2 is 2.57 bits per heavy atom. The number of hydrogen-bond acceptors (Lipinski definition) is 3. The minimum absolute atomic E-state index is 0.336. The number of hydrogen-bond donors (Lipinski definition) is 1. The van der Waals surface area contributed by atoms with Gasteiger partial charge in [0.1, 0.15) is 12.0 Å². The molecule has 0 amide bonds. The molecule has 0 bridgehead atoms. The quantitative estimate of drug-likeness (QED) is 0.239. The summed E-state index contributed by atoms with van der Waals surface area (Å²) in [6.07, 6.45) is 1.11. The molecule has 0 fully saturated rings. The molecule has 0 saturated carbocycles. The van der Waals surface area contributed by atoms with Crippen LogP contribution in [0.3, 0.4) is 0 Å². The summed E-state index contributed by atoms with van der Waals surface area (Å²) in [5, 5.41) is 10.5. The first kappa shape index (κ1) is 6.01. The van der Waals surface area contributed by atoms with E-state index in [9.17, 15) is 0 Å². The molecule has 0 aliphatic carbocycles. The number of ether oxygens (including phenoxy) is 1. The Kier molecular flexibility index (Phi) is 2.76. The summed E-state index contributed by atoms with van der Waals surface area (Å²) in [4.78, 5) is 0. The van der Waals surface area contributed by atoms with E-state index in [-0.39, 0.29) is 0 Å². The molecule has 3 heteroatoms. The molecule has 0 aromatic carbocycles. The molecule has 0 aromatic heterocycles. The van der Waals surface area contributed by atoms with Crippen LogP contribution < -0.4 is 0 Å².